The second-order valence-electron chi connectivity index (χ2n) is 3.68. The summed E-state index contributed by atoms with van der Waals surface area (Å²) in [6.45, 7) is 0. The average Bonchev–Trinajstić information content (AvgIpc) is 2.26. The molecular weight excluding hydrogens is 287 g/mol. The summed E-state index contributed by atoms with van der Waals surface area (Å²) in [6, 6.07) is 4.31. The van der Waals surface area contributed by atoms with Crippen molar-refractivity contribution in [2.24, 2.45) is 0 Å². The Morgan fingerprint density at radius 3 is 2.47 bits per heavy atom. The zero-order valence-electron chi connectivity index (χ0n) is 9.37. The topological polar surface area (TPSA) is 66.4 Å². The summed E-state index contributed by atoms with van der Waals surface area (Å²) in [4.78, 5) is 21.5. The molecule has 19 heavy (non-hydrogen) atoms. The Morgan fingerprint density at radius 2 is 2.00 bits per heavy atom. The number of alkyl halides is 3. The molecule has 0 aliphatic rings. The fourth-order valence-electron chi connectivity index (χ4n) is 1.39. The summed E-state index contributed by atoms with van der Waals surface area (Å²) < 4.78 is 36.5. The summed E-state index contributed by atoms with van der Waals surface area (Å²) in [6.07, 6.45) is -5.75. The summed E-state index contributed by atoms with van der Waals surface area (Å²) in [5, 5.41) is 10.5. The van der Waals surface area contributed by atoms with Gasteiger partial charge in [-0.3, -0.25) is 9.59 Å². The van der Waals surface area contributed by atoms with Gasteiger partial charge in [-0.25, -0.2) is 0 Å². The highest BCUT2D eigenvalue weighted by molar-refractivity contribution is 6.30. The number of carbonyl (C=O) groups excluding carboxylic acids is 1. The van der Waals surface area contributed by atoms with E-state index >= 15 is 0 Å². The van der Waals surface area contributed by atoms with Crippen LogP contribution in [0.15, 0.2) is 24.3 Å². The normalized spacial score (nSPS) is 12.8. The zero-order chi connectivity index (χ0) is 14.6. The van der Waals surface area contributed by atoms with Crippen LogP contribution in [-0.4, -0.2) is 23.2 Å². The Hall–Kier alpha value is -1.76. The third-order valence-electron chi connectivity index (χ3n) is 2.19. The first kappa shape index (κ1) is 15.3. The number of benzene rings is 1. The quantitative estimate of drug-likeness (QED) is 0.897. The Balaban J connectivity index is 2.96. The van der Waals surface area contributed by atoms with Crippen molar-refractivity contribution in [2.45, 2.75) is 18.6 Å². The maximum atomic E-state index is 12.2. The van der Waals surface area contributed by atoms with Gasteiger partial charge in [-0.2, -0.15) is 13.2 Å². The Labute approximate surface area is 111 Å². The van der Waals surface area contributed by atoms with Gasteiger partial charge in [0.1, 0.15) is 0 Å². The lowest BCUT2D eigenvalue weighted by molar-refractivity contribution is -0.174. The standard InChI is InChI=1S/C11H9ClF3NO3/c12-7-3-1-2-6(4-7)8(5-9(17)18)16-10(19)11(13,14)15/h1-4,8H,5H2,(H,16,19)(H,17,18)/t8-/m0/s1. The van der Waals surface area contributed by atoms with Crippen molar-refractivity contribution in [1.29, 1.82) is 0 Å². The number of carboxylic acids is 1. The lowest BCUT2D eigenvalue weighted by Crippen LogP contribution is -2.39. The predicted octanol–water partition coefficient (Wildman–Crippen LogP) is 2.53. The highest BCUT2D eigenvalue weighted by Gasteiger charge is 2.40. The Morgan fingerprint density at radius 1 is 1.37 bits per heavy atom. The summed E-state index contributed by atoms with van der Waals surface area (Å²) in [7, 11) is 0. The maximum Gasteiger partial charge on any atom is 0.471 e. The van der Waals surface area contributed by atoms with E-state index in [9.17, 15) is 22.8 Å². The van der Waals surface area contributed by atoms with Crippen molar-refractivity contribution in [1.82, 2.24) is 5.32 Å². The second kappa shape index (κ2) is 5.92. The van der Waals surface area contributed by atoms with E-state index in [2.05, 4.69) is 0 Å². The smallest absolute Gasteiger partial charge is 0.471 e. The van der Waals surface area contributed by atoms with E-state index < -0.39 is 30.5 Å². The second-order valence-corrected chi connectivity index (χ2v) is 4.11. The van der Waals surface area contributed by atoms with Gasteiger partial charge >= 0.3 is 18.1 Å². The molecule has 0 bridgehead atoms. The van der Waals surface area contributed by atoms with E-state index in [0.29, 0.717) is 0 Å². The molecule has 4 nitrogen and oxygen atoms in total. The number of carboxylic acid groups (broad SMARTS) is 1. The molecule has 1 amide bonds. The molecule has 1 rings (SSSR count). The number of nitrogens with one attached hydrogen (secondary N) is 1. The first-order chi connectivity index (χ1) is 8.70. The lowest BCUT2D eigenvalue weighted by Gasteiger charge is -2.18. The molecule has 1 atom stereocenters. The number of amides is 1. The average molecular weight is 296 g/mol. The van der Waals surface area contributed by atoms with Crippen molar-refractivity contribution in [3.63, 3.8) is 0 Å². The van der Waals surface area contributed by atoms with E-state index in [1.807, 2.05) is 0 Å². The largest absolute Gasteiger partial charge is 0.481 e. The third-order valence-corrected chi connectivity index (χ3v) is 2.43. The van der Waals surface area contributed by atoms with Gasteiger partial charge < -0.3 is 10.4 Å². The van der Waals surface area contributed by atoms with Crippen LogP contribution in [0.5, 0.6) is 0 Å². The van der Waals surface area contributed by atoms with Crippen molar-refractivity contribution in [3.05, 3.63) is 34.9 Å². The van der Waals surface area contributed by atoms with Crippen LogP contribution in [0.4, 0.5) is 13.2 Å². The molecule has 0 saturated heterocycles. The Kier molecular flexibility index (Phi) is 4.77. The highest BCUT2D eigenvalue weighted by Crippen LogP contribution is 2.23. The van der Waals surface area contributed by atoms with Gasteiger partial charge in [0.2, 0.25) is 0 Å². The fraction of sp³-hybridized carbons (Fsp3) is 0.273. The van der Waals surface area contributed by atoms with E-state index in [1.54, 1.807) is 5.32 Å². The molecule has 0 fully saturated rings. The summed E-state index contributed by atoms with van der Waals surface area (Å²) >= 11 is 5.67. The van der Waals surface area contributed by atoms with Crippen molar-refractivity contribution in [2.75, 3.05) is 0 Å². The molecule has 0 aliphatic heterocycles. The van der Waals surface area contributed by atoms with Crippen molar-refractivity contribution < 1.29 is 27.9 Å². The fourth-order valence-corrected chi connectivity index (χ4v) is 1.59. The maximum absolute atomic E-state index is 12.2. The molecule has 0 aromatic heterocycles. The van der Waals surface area contributed by atoms with Gasteiger partial charge in [-0.05, 0) is 17.7 Å². The Bertz CT molecular complexity index is 490. The first-order valence-electron chi connectivity index (χ1n) is 5.05. The van der Waals surface area contributed by atoms with Crippen LogP contribution in [0.3, 0.4) is 0 Å². The molecule has 0 spiro atoms. The molecule has 0 aliphatic carbocycles. The number of carbonyl (C=O) groups is 2. The van der Waals surface area contributed by atoms with Gasteiger partial charge in [0.25, 0.3) is 0 Å². The van der Waals surface area contributed by atoms with Crippen LogP contribution in [0.1, 0.15) is 18.0 Å². The molecule has 0 saturated carbocycles. The van der Waals surface area contributed by atoms with Crippen LogP contribution in [0.2, 0.25) is 5.02 Å². The number of hydrogen-bond donors (Lipinski definition) is 2. The van der Waals surface area contributed by atoms with Gasteiger partial charge in [-0.15, -0.1) is 0 Å². The minimum absolute atomic E-state index is 0.188. The van der Waals surface area contributed by atoms with Crippen molar-refractivity contribution in [3.8, 4) is 0 Å². The molecule has 2 N–H and O–H groups in total. The van der Waals surface area contributed by atoms with Gasteiger partial charge in [0.05, 0.1) is 12.5 Å². The number of hydrogen-bond acceptors (Lipinski definition) is 2. The van der Waals surface area contributed by atoms with E-state index in [0.717, 1.165) is 0 Å². The molecule has 0 radical (unpaired) electrons. The molecule has 1 aromatic carbocycles. The molecule has 8 heteroatoms. The molecular formula is C11H9ClF3NO3. The van der Waals surface area contributed by atoms with Crippen LogP contribution >= 0.6 is 11.6 Å². The molecule has 104 valence electrons. The summed E-state index contributed by atoms with van der Waals surface area (Å²) in [5.41, 5.74) is 0.188. The minimum Gasteiger partial charge on any atom is -0.481 e. The number of halogens is 4. The van der Waals surface area contributed by atoms with E-state index in [1.165, 1.54) is 24.3 Å². The zero-order valence-corrected chi connectivity index (χ0v) is 10.1. The SMILES string of the molecule is O=C(O)C[C@H](NC(=O)C(F)(F)F)c1cccc(Cl)c1. The third kappa shape index (κ3) is 4.78. The molecule has 0 heterocycles. The van der Waals surface area contributed by atoms with Gasteiger partial charge in [0.15, 0.2) is 0 Å². The monoisotopic (exact) mass is 295 g/mol. The van der Waals surface area contributed by atoms with Gasteiger partial charge in [-0.1, -0.05) is 23.7 Å². The summed E-state index contributed by atoms with van der Waals surface area (Å²) in [5.74, 6) is -3.54. The van der Waals surface area contributed by atoms with Crippen LogP contribution in [-0.2, 0) is 9.59 Å². The number of rotatable bonds is 4. The van der Waals surface area contributed by atoms with Crippen LogP contribution < -0.4 is 5.32 Å². The van der Waals surface area contributed by atoms with Gasteiger partial charge in [0, 0.05) is 5.02 Å². The molecule has 0 unspecified atom stereocenters. The van der Waals surface area contributed by atoms with Crippen LogP contribution in [0.25, 0.3) is 0 Å². The minimum atomic E-state index is -5.07. The van der Waals surface area contributed by atoms with Crippen molar-refractivity contribution >= 4 is 23.5 Å². The van der Waals surface area contributed by atoms with E-state index in [4.69, 9.17) is 16.7 Å². The number of aliphatic carboxylic acids is 1. The lowest BCUT2D eigenvalue weighted by atomic mass is 10.0. The van der Waals surface area contributed by atoms with Crippen LogP contribution in [0, 0.1) is 0 Å². The van der Waals surface area contributed by atoms with E-state index in [-0.39, 0.29) is 10.6 Å². The predicted molar refractivity (Wildman–Crippen MR) is 60.6 cm³/mol. The highest BCUT2D eigenvalue weighted by atomic mass is 35.5. The first-order valence-corrected chi connectivity index (χ1v) is 5.43. The molecule has 1 aromatic rings.